The second kappa shape index (κ2) is 6.53. The van der Waals surface area contributed by atoms with Crippen LogP contribution in [0.2, 0.25) is 0 Å². The molecule has 1 aliphatic heterocycles. The van der Waals surface area contributed by atoms with Gasteiger partial charge in [0.2, 0.25) is 0 Å². The zero-order valence-electron chi connectivity index (χ0n) is 11.9. The first-order valence-electron chi connectivity index (χ1n) is 7.23. The van der Waals surface area contributed by atoms with E-state index >= 15 is 0 Å². The van der Waals surface area contributed by atoms with Crippen molar-refractivity contribution in [3.05, 3.63) is 82.9 Å². The Kier molecular flexibility index (Phi) is 4.29. The maximum Gasteiger partial charge on any atom is 0.0992 e. The molecule has 0 amide bonds. The predicted octanol–water partition coefficient (Wildman–Crippen LogP) is 3.12. The first-order chi connectivity index (χ1) is 10.3. The van der Waals surface area contributed by atoms with Gasteiger partial charge in [-0.1, -0.05) is 72.8 Å². The number of aliphatic hydroxyl groups excluding tert-OH is 1. The molecule has 0 aliphatic carbocycles. The van der Waals surface area contributed by atoms with Crippen molar-refractivity contribution in [1.82, 2.24) is 5.32 Å². The van der Waals surface area contributed by atoms with Crippen LogP contribution in [-0.4, -0.2) is 24.3 Å². The molecular formula is C19H19NO. The van der Waals surface area contributed by atoms with Gasteiger partial charge < -0.3 is 10.4 Å². The molecule has 0 saturated carbocycles. The maximum absolute atomic E-state index is 10.6. The van der Waals surface area contributed by atoms with Crippen molar-refractivity contribution in [2.75, 3.05) is 13.1 Å². The van der Waals surface area contributed by atoms with Crippen LogP contribution in [0.15, 0.2) is 71.8 Å². The molecule has 106 valence electrons. The molecule has 0 radical (unpaired) electrons. The van der Waals surface area contributed by atoms with Crippen molar-refractivity contribution < 1.29 is 5.11 Å². The molecule has 0 unspecified atom stereocenters. The third-order valence-corrected chi connectivity index (χ3v) is 3.66. The Bertz CT molecular complexity index is 586. The highest BCUT2D eigenvalue weighted by Crippen LogP contribution is 2.21. The number of hydrogen-bond donors (Lipinski definition) is 2. The van der Waals surface area contributed by atoms with Gasteiger partial charge in [-0.2, -0.15) is 0 Å². The summed E-state index contributed by atoms with van der Waals surface area (Å²) in [5.74, 6) is 0. The van der Waals surface area contributed by atoms with E-state index in [0.717, 1.165) is 35.4 Å². The molecule has 0 spiro atoms. The van der Waals surface area contributed by atoms with Crippen LogP contribution in [0.1, 0.15) is 11.1 Å². The largest absolute Gasteiger partial charge is 0.384 e. The standard InChI is InChI=1S/C19H19NO/c21-19-17(11-15-7-3-1-4-8-15)13-20-14-18(19)12-16-9-5-2-6-10-16/h1-12,19-21H,13-14H2/b17-11+,18-12+. The minimum atomic E-state index is -0.508. The number of benzene rings is 2. The fourth-order valence-corrected chi connectivity index (χ4v) is 2.57. The molecule has 2 nitrogen and oxygen atoms in total. The summed E-state index contributed by atoms with van der Waals surface area (Å²) in [6, 6.07) is 20.2. The first-order valence-corrected chi connectivity index (χ1v) is 7.23. The van der Waals surface area contributed by atoms with Crippen molar-refractivity contribution >= 4 is 12.2 Å². The summed E-state index contributed by atoms with van der Waals surface area (Å²) in [4.78, 5) is 0. The summed E-state index contributed by atoms with van der Waals surface area (Å²) in [6.07, 6.45) is 3.62. The van der Waals surface area contributed by atoms with Gasteiger partial charge in [-0.3, -0.25) is 0 Å². The van der Waals surface area contributed by atoms with Crippen LogP contribution in [0, 0.1) is 0 Å². The number of nitrogens with one attached hydrogen (secondary N) is 1. The molecule has 1 fully saturated rings. The van der Waals surface area contributed by atoms with Gasteiger partial charge >= 0.3 is 0 Å². The normalized spacial score (nSPS) is 22.6. The molecule has 0 bridgehead atoms. The van der Waals surface area contributed by atoms with E-state index in [1.165, 1.54) is 0 Å². The van der Waals surface area contributed by atoms with Crippen LogP contribution in [0.25, 0.3) is 12.2 Å². The Labute approximate surface area is 125 Å². The number of rotatable bonds is 2. The Hall–Kier alpha value is -2.16. The number of hydrogen-bond acceptors (Lipinski definition) is 2. The van der Waals surface area contributed by atoms with Gasteiger partial charge in [-0.05, 0) is 22.3 Å². The third kappa shape index (κ3) is 3.48. The molecular weight excluding hydrogens is 258 g/mol. The molecule has 2 heteroatoms. The summed E-state index contributed by atoms with van der Waals surface area (Å²) in [6.45, 7) is 1.45. The molecule has 2 aromatic carbocycles. The lowest BCUT2D eigenvalue weighted by molar-refractivity contribution is 0.233. The maximum atomic E-state index is 10.6. The van der Waals surface area contributed by atoms with E-state index in [0.29, 0.717) is 0 Å². The minimum Gasteiger partial charge on any atom is -0.384 e. The lowest BCUT2D eigenvalue weighted by atomic mass is 9.94. The monoisotopic (exact) mass is 277 g/mol. The van der Waals surface area contributed by atoms with Crippen LogP contribution in [0.4, 0.5) is 0 Å². The van der Waals surface area contributed by atoms with Gasteiger partial charge in [0.05, 0.1) is 6.10 Å². The second-order valence-electron chi connectivity index (χ2n) is 5.27. The molecule has 2 N–H and O–H groups in total. The molecule has 1 aliphatic rings. The van der Waals surface area contributed by atoms with E-state index in [1.807, 2.05) is 36.4 Å². The minimum absolute atomic E-state index is 0.508. The van der Waals surface area contributed by atoms with Crippen molar-refractivity contribution in [3.8, 4) is 0 Å². The highest BCUT2D eigenvalue weighted by atomic mass is 16.3. The fourth-order valence-electron chi connectivity index (χ4n) is 2.57. The van der Waals surface area contributed by atoms with E-state index in [2.05, 4.69) is 41.7 Å². The van der Waals surface area contributed by atoms with Crippen molar-refractivity contribution in [2.24, 2.45) is 0 Å². The summed E-state index contributed by atoms with van der Waals surface area (Å²) >= 11 is 0. The van der Waals surface area contributed by atoms with Gasteiger partial charge in [-0.15, -0.1) is 0 Å². The van der Waals surface area contributed by atoms with Crippen LogP contribution in [-0.2, 0) is 0 Å². The Morgan fingerprint density at radius 2 is 1.19 bits per heavy atom. The lowest BCUT2D eigenvalue weighted by Crippen LogP contribution is -2.35. The molecule has 21 heavy (non-hydrogen) atoms. The summed E-state index contributed by atoms with van der Waals surface area (Å²) in [5, 5.41) is 13.9. The highest BCUT2D eigenvalue weighted by molar-refractivity contribution is 5.61. The molecule has 2 aromatic rings. The Balaban J connectivity index is 1.86. The van der Waals surface area contributed by atoms with Crippen LogP contribution in [0.5, 0.6) is 0 Å². The third-order valence-electron chi connectivity index (χ3n) is 3.66. The summed E-state index contributed by atoms with van der Waals surface area (Å²) in [7, 11) is 0. The van der Waals surface area contributed by atoms with E-state index in [-0.39, 0.29) is 0 Å². The second-order valence-corrected chi connectivity index (χ2v) is 5.27. The van der Waals surface area contributed by atoms with E-state index in [1.54, 1.807) is 0 Å². The smallest absolute Gasteiger partial charge is 0.0992 e. The average Bonchev–Trinajstić information content (AvgIpc) is 2.53. The summed E-state index contributed by atoms with van der Waals surface area (Å²) < 4.78 is 0. The van der Waals surface area contributed by atoms with Crippen LogP contribution >= 0.6 is 0 Å². The zero-order chi connectivity index (χ0) is 14.5. The number of piperidine rings is 1. The topological polar surface area (TPSA) is 32.3 Å². The van der Waals surface area contributed by atoms with Gasteiger partial charge in [-0.25, -0.2) is 0 Å². The number of aliphatic hydroxyl groups is 1. The zero-order valence-corrected chi connectivity index (χ0v) is 11.9. The Morgan fingerprint density at radius 3 is 1.62 bits per heavy atom. The van der Waals surface area contributed by atoms with E-state index < -0.39 is 6.10 Å². The van der Waals surface area contributed by atoms with Crippen molar-refractivity contribution in [1.29, 1.82) is 0 Å². The fraction of sp³-hybridized carbons (Fsp3) is 0.158. The van der Waals surface area contributed by atoms with Gasteiger partial charge in [0.15, 0.2) is 0 Å². The quantitative estimate of drug-likeness (QED) is 0.884. The average molecular weight is 277 g/mol. The van der Waals surface area contributed by atoms with Crippen LogP contribution < -0.4 is 5.32 Å². The molecule has 3 rings (SSSR count). The summed E-state index contributed by atoms with van der Waals surface area (Å²) in [5.41, 5.74) is 4.26. The van der Waals surface area contributed by atoms with E-state index in [4.69, 9.17) is 0 Å². The molecule has 0 atom stereocenters. The van der Waals surface area contributed by atoms with Gasteiger partial charge in [0.1, 0.15) is 0 Å². The Morgan fingerprint density at radius 1 is 0.762 bits per heavy atom. The molecule has 1 heterocycles. The van der Waals surface area contributed by atoms with Gasteiger partial charge in [0, 0.05) is 13.1 Å². The van der Waals surface area contributed by atoms with Gasteiger partial charge in [0.25, 0.3) is 0 Å². The van der Waals surface area contributed by atoms with Crippen molar-refractivity contribution in [2.45, 2.75) is 6.10 Å². The highest BCUT2D eigenvalue weighted by Gasteiger charge is 2.20. The molecule has 0 aromatic heterocycles. The SMILES string of the molecule is OC1/C(=C/c2ccccc2)CNC/C1=C\c1ccccc1. The molecule has 1 saturated heterocycles. The van der Waals surface area contributed by atoms with Crippen molar-refractivity contribution in [3.63, 3.8) is 0 Å². The predicted molar refractivity (Wildman–Crippen MR) is 87.7 cm³/mol. The first kappa shape index (κ1) is 13.8. The van der Waals surface area contributed by atoms with E-state index in [9.17, 15) is 5.11 Å². The van der Waals surface area contributed by atoms with Crippen LogP contribution in [0.3, 0.4) is 0 Å². The lowest BCUT2D eigenvalue weighted by Gasteiger charge is -2.25.